The van der Waals surface area contributed by atoms with E-state index in [1.165, 1.54) is 0 Å². The van der Waals surface area contributed by atoms with Gasteiger partial charge in [0.05, 0.1) is 11.6 Å². The number of aliphatic carboxylic acids is 1. The highest BCUT2D eigenvalue weighted by Gasteiger charge is 2.46. The van der Waals surface area contributed by atoms with Gasteiger partial charge in [-0.2, -0.15) is 5.10 Å². The molecule has 0 amide bonds. The summed E-state index contributed by atoms with van der Waals surface area (Å²) >= 11 is 6.03. The second kappa shape index (κ2) is 2.98. The Morgan fingerprint density at radius 3 is 2.71 bits per heavy atom. The predicted octanol–water partition coefficient (Wildman–Crippen LogP) is 1.57. The Bertz CT molecular complexity index is 400. The second-order valence-corrected chi connectivity index (χ2v) is 4.06. The van der Waals surface area contributed by atoms with Crippen LogP contribution >= 0.6 is 11.6 Å². The highest BCUT2D eigenvalue weighted by Crippen LogP contribution is 2.50. The molecule has 0 unspecified atom stereocenters. The molecule has 4 nitrogen and oxygen atoms in total. The van der Waals surface area contributed by atoms with E-state index in [0.29, 0.717) is 11.6 Å². The second-order valence-electron chi connectivity index (χ2n) is 3.70. The van der Waals surface area contributed by atoms with Crippen molar-refractivity contribution in [3.63, 3.8) is 0 Å². The Kier molecular flexibility index (Phi) is 2.03. The first kappa shape index (κ1) is 9.52. The average molecular weight is 215 g/mol. The monoisotopic (exact) mass is 214 g/mol. The number of halogens is 1. The van der Waals surface area contributed by atoms with Gasteiger partial charge in [0.25, 0.3) is 0 Å². The maximum Gasteiger partial charge on any atom is 0.307 e. The molecule has 0 bridgehead atoms. The Morgan fingerprint density at radius 2 is 2.36 bits per heavy atom. The van der Waals surface area contributed by atoms with Crippen LogP contribution in [-0.2, 0) is 11.8 Å². The van der Waals surface area contributed by atoms with Gasteiger partial charge in [-0.05, 0) is 13.3 Å². The standard InChI is InChI=1S/C9H11ClN2O2/c1-4-7(8(10)12(2)11-4)5-3-6(5)9(13)14/h5-6H,3H2,1-2H3,(H,13,14)/t5-,6-/m1/s1. The molecule has 0 spiro atoms. The number of carboxylic acids is 1. The Hall–Kier alpha value is -1.03. The maximum atomic E-state index is 10.7. The SMILES string of the molecule is Cc1nn(C)c(Cl)c1[C@@H]1C[C@H]1C(=O)O. The number of carboxylic acid groups (broad SMARTS) is 1. The van der Waals surface area contributed by atoms with E-state index in [2.05, 4.69) is 5.10 Å². The van der Waals surface area contributed by atoms with E-state index in [9.17, 15) is 4.79 Å². The van der Waals surface area contributed by atoms with E-state index < -0.39 is 5.97 Å². The van der Waals surface area contributed by atoms with E-state index >= 15 is 0 Å². The van der Waals surface area contributed by atoms with Crippen LogP contribution < -0.4 is 0 Å². The number of hydrogen-bond donors (Lipinski definition) is 1. The third kappa shape index (κ3) is 1.30. The van der Waals surface area contributed by atoms with Crippen molar-refractivity contribution in [1.82, 2.24) is 9.78 Å². The van der Waals surface area contributed by atoms with E-state index in [0.717, 1.165) is 11.3 Å². The number of hydrogen-bond acceptors (Lipinski definition) is 2. The molecule has 1 aromatic rings. The number of carbonyl (C=O) groups is 1. The minimum absolute atomic E-state index is 0.0636. The van der Waals surface area contributed by atoms with Gasteiger partial charge in [0.2, 0.25) is 0 Å². The quantitative estimate of drug-likeness (QED) is 0.813. The Labute approximate surface area is 86.5 Å². The lowest BCUT2D eigenvalue weighted by molar-refractivity contribution is -0.138. The molecule has 5 heteroatoms. The van der Waals surface area contributed by atoms with Gasteiger partial charge in [-0.3, -0.25) is 9.48 Å². The molecule has 1 aliphatic rings. The molecule has 14 heavy (non-hydrogen) atoms. The summed E-state index contributed by atoms with van der Waals surface area (Å²) in [5.41, 5.74) is 1.74. The summed E-state index contributed by atoms with van der Waals surface area (Å²) in [6, 6.07) is 0. The topological polar surface area (TPSA) is 55.1 Å². The van der Waals surface area contributed by atoms with Gasteiger partial charge in [0.1, 0.15) is 5.15 Å². The van der Waals surface area contributed by atoms with Crippen LogP contribution in [0.15, 0.2) is 0 Å². The van der Waals surface area contributed by atoms with Crippen LogP contribution in [0.3, 0.4) is 0 Å². The number of rotatable bonds is 2. The molecule has 2 atom stereocenters. The molecule has 0 aromatic carbocycles. The van der Waals surface area contributed by atoms with Crippen LogP contribution in [0.2, 0.25) is 5.15 Å². The molecule has 1 aromatic heterocycles. The first-order chi connectivity index (χ1) is 6.52. The molecule has 0 aliphatic heterocycles. The van der Waals surface area contributed by atoms with Crippen molar-refractivity contribution in [2.45, 2.75) is 19.3 Å². The number of nitrogens with zero attached hydrogens (tertiary/aromatic N) is 2. The van der Waals surface area contributed by atoms with Gasteiger partial charge in [0.15, 0.2) is 0 Å². The fourth-order valence-corrected chi connectivity index (χ4v) is 2.17. The van der Waals surface area contributed by atoms with E-state index in [1.807, 2.05) is 6.92 Å². The zero-order valence-electron chi connectivity index (χ0n) is 7.99. The largest absolute Gasteiger partial charge is 0.481 e. The molecule has 1 saturated carbocycles. The lowest BCUT2D eigenvalue weighted by Gasteiger charge is -1.96. The first-order valence-corrected chi connectivity index (χ1v) is 4.82. The lowest BCUT2D eigenvalue weighted by Crippen LogP contribution is -1.99. The van der Waals surface area contributed by atoms with Gasteiger partial charge < -0.3 is 5.11 Å². The molecule has 2 rings (SSSR count). The molecular weight excluding hydrogens is 204 g/mol. The zero-order chi connectivity index (χ0) is 10.5. The number of aromatic nitrogens is 2. The third-order valence-electron chi connectivity index (χ3n) is 2.67. The summed E-state index contributed by atoms with van der Waals surface area (Å²) in [5, 5.41) is 13.5. The number of aryl methyl sites for hydroxylation is 2. The van der Waals surface area contributed by atoms with Crippen LogP contribution in [0.5, 0.6) is 0 Å². The normalized spacial score (nSPS) is 25.1. The third-order valence-corrected chi connectivity index (χ3v) is 3.12. The summed E-state index contributed by atoms with van der Waals surface area (Å²) in [6.45, 7) is 1.86. The zero-order valence-corrected chi connectivity index (χ0v) is 8.75. The van der Waals surface area contributed by atoms with Crippen molar-refractivity contribution in [2.75, 3.05) is 0 Å². The molecule has 76 valence electrons. The minimum Gasteiger partial charge on any atom is -0.481 e. The van der Waals surface area contributed by atoms with Crippen LogP contribution in [0.25, 0.3) is 0 Å². The van der Waals surface area contributed by atoms with Crippen LogP contribution in [0.4, 0.5) is 0 Å². The summed E-state index contributed by atoms with van der Waals surface area (Å²) in [4.78, 5) is 10.7. The van der Waals surface area contributed by atoms with Gasteiger partial charge >= 0.3 is 5.97 Å². The van der Waals surface area contributed by atoms with Crippen LogP contribution in [-0.4, -0.2) is 20.9 Å². The summed E-state index contributed by atoms with van der Waals surface area (Å²) in [7, 11) is 1.76. The van der Waals surface area contributed by atoms with Crippen molar-refractivity contribution < 1.29 is 9.90 Å². The summed E-state index contributed by atoms with van der Waals surface area (Å²) in [6.07, 6.45) is 0.682. The van der Waals surface area contributed by atoms with Crippen molar-refractivity contribution in [3.8, 4) is 0 Å². The van der Waals surface area contributed by atoms with Gasteiger partial charge in [-0.25, -0.2) is 0 Å². The lowest BCUT2D eigenvalue weighted by atomic mass is 10.1. The fraction of sp³-hybridized carbons (Fsp3) is 0.556. The Balaban J connectivity index is 2.31. The minimum atomic E-state index is -0.741. The molecule has 1 aliphatic carbocycles. The summed E-state index contributed by atoms with van der Waals surface area (Å²) < 4.78 is 1.59. The molecule has 1 N–H and O–H groups in total. The molecule has 1 fully saturated rings. The van der Waals surface area contributed by atoms with Crippen molar-refractivity contribution in [2.24, 2.45) is 13.0 Å². The summed E-state index contributed by atoms with van der Waals surface area (Å²) in [5.74, 6) is -0.946. The molecule has 1 heterocycles. The van der Waals surface area contributed by atoms with E-state index in [-0.39, 0.29) is 11.8 Å². The van der Waals surface area contributed by atoms with E-state index in [4.69, 9.17) is 16.7 Å². The molecule has 0 radical (unpaired) electrons. The van der Waals surface area contributed by atoms with E-state index in [1.54, 1.807) is 11.7 Å². The van der Waals surface area contributed by atoms with Gasteiger partial charge in [0, 0.05) is 18.5 Å². The average Bonchev–Trinajstić information content (AvgIpc) is 2.79. The molecular formula is C9H11ClN2O2. The maximum absolute atomic E-state index is 10.7. The highest BCUT2D eigenvalue weighted by atomic mass is 35.5. The Morgan fingerprint density at radius 1 is 1.71 bits per heavy atom. The molecule has 0 saturated heterocycles. The highest BCUT2D eigenvalue weighted by molar-refractivity contribution is 6.30. The predicted molar refractivity (Wildman–Crippen MR) is 51.4 cm³/mol. The first-order valence-electron chi connectivity index (χ1n) is 4.44. The van der Waals surface area contributed by atoms with Crippen molar-refractivity contribution in [3.05, 3.63) is 16.4 Å². The smallest absolute Gasteiger partial charge is 0.307 e. The van der Waals surface area contributed by atoms with Crippen molar-refractivity contribution in [1.29, 1.82) is 0 Å². The van der Waals surface area contributed by atoms with Gasteiger partial charge in [-0.15, -0.1) is 0 Å². The van der Waals surface area contributed by atoms with Crippen molar-refractivity contribution >= 4 is 17.6 Å². The fourth-order valence-electron chi connectivity index (χ4n) is 1.85. The van der Waals surface area contributed by atoms with Crippen LogP contribution in [0.1, 0.15) is 23.6 Å². The van der Waals surface area contributed by atoms with Gasteiger partial charge in [-0.1, -0.05) is 11.6 Å². The van der Waals surface area contributed by atoms with Crippen LogP contribution in [0, 0.1) is 12.8 Å².